The Morgan fingerprint density at radius 1 is 0.935 bits per heavy atom. The lowest BCUT2D eigenvalue weighted by Crippen LogP contribution is -2.42. The van der Waals surface area contributed by atoms with Crippen molar-refractivity contribution in [3.63, 3.8) is 0 Å². The summed E-state index contributed by atoms with van der Waals surface area (Å²) in [5.41, 5.74) is 3.16. The fourth-order valence-electron chi connectivity index (χ4n) is 3.61. The number of carboxylic acids is 1. The second-order valence-electron chi connectivity index (χ2n) is 7.70. The van der Waals surface area contributed by atoms with Crippen LogP contribution in [0.5, 0.6) is 0 Å². The van der Waals surface area contributed by atoms with Gasteiger partial charge in [-0.25, -0.2) is 4.79 Å². The Hall–Kier alpha value is -3.86. The van der Waals surface area contributed by atoms with Gasteiger partial charge in [0.1, 0.15) is 17.6 Å². The van der Waals surface area contributed by atoms with Crippen LogP contribution in [0.4, 0.5) is 0 Å². The summed E-state index contributed by atoms with van der Waals surface area (Å²) in [5.74, 6) is -0.527. The first-order chi connectivity index (χ1) is 14.9. The van der Waals surface area contributed by atoms with Crippen molar-refractivity contribution in [2.45, 2.75) is 26.3 Å². The Labute approximate surface area is 180 Å². The number of fused-ring (bicyclic) bond motifs is 1. The number of carbonyl (C=O) groups excluding carboxylic acids is 1. The molecule has 5 heteroatoms. The lowest BCUT2D eigenvalue weighted by Gasteiger charge is -2.15. The normalized spacial score (nSPS) is 11.9. The van der Waals surface area contributed by atoms with Gasteiger partial charge in [-0.2, -0.15) is 0 Å². The predicted octanol–water partition coefficient (Wildman–Crippen LogP) is 5.14. The number of hydrogen-bond acceptors (Lipinski definition) is 3. The molecule has 1 aromatic heterocycles. The number of amides is 1. The third-order valence-electron chi connectivity index (χ3n) is 5.36. The zero-order valence-electron chi connectivity index (χ0n) is 17.4. The number of rotatable bonds is 6. The largest absolute Gasteiger partial charge is 0.480 e. The first-order valence-electron chi connectivity index (χ1n) is 10.1. The number of furan rings is 1. The summed E-state index contributed by atoms with van der Waals surface area (Å²) in [6.45, 7) is 3.70. The van der Waals surface area contributed by atoms with Gasteiger partial charge < -0.3 is 14.8 Å². The van der Waals surface area contributed by atoms with E-state index in [-0.39, 0.29) is 6.42 Å². The maximum Gasteiger partial charge on any atom is 0.326 e. The highest BCUT2D eigenvalue weighted by molar-refractivity contribution is 5.98. The van der Waals surface area contributed by atoms with E-state index < -0.39 is 17.9 Å². The smallest absolute Gasteiger partial charge is 0.326 e. The molecule has 0 spiro atoms. The molecule has 0 saturated carbocycles. The molecule has 1 heterocycles. The molecule has 4 aromatic rings. The fraction of sp³-hybridized carbons (Fsp3) is 0.154. The van der Waals surface area contributed by atoms with Crippen LogP contribution in [0.1, 0.15) is 27.2 Å². The van der Waals surface area contributed by atoms with E-state index in [2.05, 4.69) is 5.32 Å². The molecule has 3 aromatic carbocycles. The van der Waals surface area contributed by atoms with Gasteiger partial charge in [0.05, 0.1) is 5.56 Å². The average Bonchev–Trinajstić information content (AvgIpc) is 3.15. The lowest BCUT2D eigenvalue weighted by molar-refractivity contribution is -0.139. The van der Waals surface area contributed by atoms with Crippen LogP contribution >= 0.6 is 0 Å². The SMILES string of the molecule is Cc1ccc(-c2cc(C(=O)N[C@H](Cc3ccc4ccccc4c3)C(=O)O)c(C)o2)cc1. The molecule has 5 nitrogen and oxygen atoms in total. The molecule has 0 unspecified atom stereocenters. The van der Waals surface area contributed by atoms with Crippen LogP contribution in [0.3, 0.4) is 0 Å². The van der Waals surface area contributed by atoms with Crippen molar-refractivity contribution >= 4 is 22.6 Å². The van der Waals surface area contributed by atoms with E-state index in [1.165, 1.54) is 0 Å². The van der Waals surface area contributed by atoms with Gasteiger partial charge in [-0.3, -0.25) is 4.79 Å². The molecule has 1 amide bonds. The summed E-state index contributed by atoms with van der Waals surface area (Å²) in [6, 6.07) is 22.1. The summed E-state index contributed by atoms with van der Waals surface area (Å²) in [4.78, 5) is 24.7. The van der Waals surface area contributed by atoms with Crippen LogP contribution in [0.25, 0.3) is 22.1 Å². The number of aliphatic carboxylic acids is 1. The summed E-state index contributed by atoms with van der Waals surface area (Å²) in [7, 11) is 0. The summed E-state index contributed by atoms with van der Waals surface area (Å²) in [5, 5.41) is 14.4. The van der Waals surface area contributed by atoms with Crippen molar-refractivity contribution in [2.75, 3.05) is 0 Å². The van der Waals surface area contributed by atoms with Crippen molar-refractivity contribution in [3.05, 3.63) is 95.2 Å². The zero-order chi connectivity index (χ0) is 22.0. The number of aryl methyl sites for hydroxylation is 2. The molecule has 156 valence electrons. The average molecular weight is 413 g/mol. The molecular formula is C26H23NO4. The maximum atomic E-state index is 12.8. The maximum absolute atomic E-state index is 12.8. The zero-order valence-corrected chi connectivity index (χ0v) is 17.4. The van der Waals surface area contributed by atoms with Crippen LogP contribution in [0.15, 0.2) is 77.2 Å². The van der Waals surface area contributed by atoms with Crippen molar-refractivity contribution < 1.29 is 19.1 Å². The van der Waals surface area contributed by atoms with Crippen LogP contribution < -0.4 is 5.32 Å². The molecule has 0 aliphatic heterocycles. The van der Waals surface area contributed by atoms with Crippen LogP contribution in [-0.2, 0) is 11.2 Å². The third kappa shape index (κ3) is 4.51. The third-order valence-corrected chi connectivity index (χ3v) is 5.36. The fourth-order valence-corrected chi connectivity index (χ4v) is 3.61. The van der Waals surface area contributed by atoms with Gasteiger partial charge in [-0.1, -0.05) is 72.3 Å². The van der Waals surface area contributed by atoms with Gasteiger partial charge in [-0.15, -0.1) is 0 Å². The second-order valence-corrected chi connectivity index (χ2v) is 7.70. The number of benzene rings is 3. The molecule has 0 aliphatic carbocycles. The number of nitrogens with one attached hydrogen (secondary N) is 1. The number of carbonyl (C=O) groups is 2. The molecule has 0 aliphatic rings. The van der Waals surface area contributed by atoms with Crippen molar-refractivity contribution in [2.24, 2.45) is 0 Å². The minimum absolute atomic E-state index is 0.188. The van der Waals surface area contributed by atoms with E-state index in [1.54, 1.807) is 13.0 Å². The van der Waals surface area contributed by atoms with Gasteiger partial charge in [0.15, 0.2) is 0 Å². The van der Waals surface area contributed by atoms with E-state index in [1.807, 2.05) is 73.7 Å². The molecule has 0 saturated heterocycles. The van der Waals surface area contributed by atoms with Gasteiger partial charge in [0, 0.05) is 12.0 Å². The first kappa shape index (κ1) is 20.4. The van der Waals surface area contributed by atoms with Crippen molar-refractivity contribution in [3.8, 4) is 11.3 Å². The van der Waals surface area contributed by atoms with Gasteiger partial charge in [0.2, 0.25) is 0 Å². The molecular weight excluding hydrogens is 390 g/mol. The van der Waals surface area contributed by atoms with Crippen LogP contribution in [0.2, 0.25) is 0 Å². The highest BCUT2D eigenvalue weighted by atomic mass is 16.4. The van der Waals surface area contributed by atoms with Crippen LogP contribution in [-0.4, -0.2) is 23.0 Å². The monoisotopic (exact) mass is 413 g/mol. The molecule has 4 rings (SSSR count). The number of carboxylic acid groups (broad SMARTS) is 1. The molecule has 31 heavy (non-hydrogen) atoms. The second kappa shape index (κ2) is 8.48. The lowest BCUT2D eigenvalue weighted by atomic mass is 10.0. The first-order valence-corrected chi connectivity index (χ1v) is 10.1. The standard InChI is InChI=1S/C26H23NO4/c1-16-7-10-20(11-8-16)24-15-22(17(2)31-24)25(28)27-23(26(29)30)14-18-9-12-19-5-3-4-6-21(19)13-18/h3-13,15,23H,14H2,1-2H3,(H,27,28)(H,29,30)/t23-/m1/s1. The summed E-state index contributed by atoms with van der Waals surface area (Å²) in [6.07, 6.45) is 0.188. The molecule has 0 bridgehead atoms. The Balaban J connectivity index is 1.53. The molecule has 0 radical (unpaired) electrons. The van der Waals surface area contributed by atoms with E-state index >= 15 is 0 Å². The van der Waals surface area contributed by atoms with E-state index in [0.717, 1.165) is 27.5 Å². The van der Waals surface area contributed by atoms with Gasteiger partial charge >= 0.3 is 5.97 Å². The quantitative estimate of drug-likeness (QED) is 0.459. The number of hydrogen-bond donors (Lipinski definition) is 2. The van der Waals surface area contributed by atoms with E-state index in [4.69, 9.17) is 4.42 Å². The summed E-state index contributed by atoms with van der Waals surface area (Å²) >= 11 is 0. The van der Waals surface area contributed by atoms with E-state index in [0.29, 0.717) is 17.1 Å². The molecule has 1 atom stereocenters. The Morgan fingerprint density at radius 3 is 2.35 bits per heavy atom. The van der Waals surface area contributed by atoms with Crippen LogP contribution in [0, 0.1) is 13.8 Å². The Morgan fingerprint density at radius 2 is 1.65 bits per heavy atom. The Kier molecular flexibility index (Phi) is 5.58. The minimum Gasteiger partial charge on any atom is -0.480 e. The summed E-state index contributed by atoms with van der Waals surface area (Å²) < 4.78 is 5.76. The predicted molar refractivity (Wildman–Crippen MR) is 120 cm³/mol. The minimum atomic E-state index is -1.08. The molecule has 2 N–H and O–H groups in total. The van der Waals surface area contributed by atoms with Gasteiger partial charge in [0.25, 0.3) is 5.91 Å². The van der Waals surface area contributed by atoms with Crippen molar-refractivity contribution in [1.29, 1.82) is 0 Å². The highest BCUT2D eigenvalue weighted by Gasteiger charge is 2.24. The van der Waals surface area contributed by atoms with Crippen molar-refractivity contribution in [1.82, 2.24) is 5.32 Å². The highest BCUT2D eigenvalue weighted by Crippen LogP contribution is 2.26. The Bertz CT molecular complexity index is 1250. The van der Waals surface area contributed by atoms with Gasteiger partial charge in [-0.05, 0) is 36.2 Å². The topological polar surface area (TPSA) is 79.5 Å². The van der Waals surface area contributed by atoms with E-state index in [9.17, 15) is 14.7 Å². The molecule has 0 fully saturated rings.